The van der Waals surface area contributed by atoms with Gasteiger partial charge in [-0.25, -0.2) is 9.59 Å². The van der Waals surface area contributed by atoms with Crippen molar-refractivity contribution in [1.82, 2.24) is 5.32 Å². The number of carbonyl (C=O) groups is 2. The van der Waals surface area contributed by atoms with Crippen molar-refractivity contribution < 1.29 is 23.9 Å². The van der Waals surface area contributed by atoms with Gasteiger partial charge in [-0.3, -0.25) is 0 Å². The summed E-state index contributed by atoms with van der Waals surface area (Å²) >= 11 is 5.26. The molecule has 19 heavy (non-hydrogen) atoms. The molecule has 0 aliphatic carbocycles. The number of nitrogens with one attached hydrogen (secondary N) is 1. The molecule has 0 bridgehead atoms. The van der Waals surface area contributed by atoms with Crippen molar-refractivity contribution in [2.24, 2.45) is 5.16 Å². The van der Waals surface area contributed by atoms with Crippen LogP contribution in [0.2, 0.25) is 0 Å². The monoisotopic (exact) mass is 292 g/mol. The Hall–Kier alpha value is -1.50. The number of rotatable bonds is 4. The largest absolute Gasteiger partial charge is 0.445 e. The van der Waals surface area contributed by atoms with Crippen LogP contribution in [0.25, 0.3) is 0 Å². The van der Waals surface area contributed by atoms with Crippen LogP contribution in [-0.2, 0) is 19.1 Å². The average Bonchev–Trinajstić information content (AvgIpc) is 2.73. The molecule has 0 fully saturated rings. The summed E-state index contributed by atoms with van der Waals surface area (Å²) in [7, 11) is 0. The Kier molecular flexibility index (Phi) is 5.41. The van der Waals surface area contributed by atoms with Gasteiger partial charge in [-0.15, -0.1) is 0 Å². The van der Waals surface area contributed by atoms with Gasteiger partial charge in [0, 0.05) is 6.42 Å². The Morgan fingerprint density at radius 1 is 1.53 bits per heavy atom. The Labute approximate surface area is 116 Å². The first-order valence-electron chi connectivity index (χ1n) is 5.74. The molecule has 8 heteroatoms. The maximum Gasteiger partial charge on any atom is 0.407 e. The molecule has 1 amide bonds. The fourth-order valence-electron chi connectivity index (χ4n) is 1.30. The van der Waals surface area contributed by atoms with Crippen LogP contribution in [0, 0.1) is 0 Å². The van der Waals surface area contributed by atoms with Gasteiger partial charge in [-0.2, -0.15) is 0 Å². The molecule has 0 aromatic rings. The van der Waals surface area contributed by atoms with Gasteiger partial charge in [-0.05, 0) is 20.8 Å². The molecule has 0 aromatic heterocycles. The quantitative estimate of drug-likeness (QED) is 0.625. The zero-order valence-electron chi connectivity index (χ0n) is 11.1. The average molecular weight is 293 g/mol. The van der Waals surface area contributed by atoms with Gasteiger partial charge in [-0.1, -0.05) is 16.8 Å². The molecule has 1 atom stereocenters. The van der Waals surface area contributed by atoms with E-state index in [9.17, 15) is 9.59 Å². The van der Waals surface area contributed by atoms with E-state index in [1.165, 1.54) is 0 Å². The molecule has 0 saturated carbocycles. The first-order chi connectivity index (χ1) is 8.81. The molecule has 108 valence electrons. The third-order valence-corrected chi connectivity index (χ3v) is 2.14. The lowest BCUT2D eigenvalue weighted by molar-refractivity contribution is -0.133. The molecule has 1 heterocycles. The maximum absolute atomic E-state index is 11.4. The summed E-state index contributed by atoms with van der Waals surface area (Å²) in [4.78, 5) is 27.7. The van der Waals surface area contributed by atoms with Gasteiger partial charge >= 0.3 is 12.1 Å². The third kappa shape index (κ3) is 5.78. The fourth-order valence-corrected chi connectivity index (χ4v) is 1.40. The van der Waals surface area contributed by atoms with Crippen LogP contribution in [0.3, 0.4) is 0 Å². The zero-order valence-corrected chi connectivity index (χ0v) is 11.8. The number of oxime groups is 1. The van der Waals surface area contributed by atoms with Crippen molar-refractivity contribution in [2.45, 2.75) is 38.9 Å². The van der Waals surface area contributed by atoms with Crippen molar-refractivity contribution >= 4 is 29.4 Å². The molecule has 0 saturated heterocycles. The Morgan fingerprint density at radius 2 is 2.21 bits per heavy atom. The van der Waals surface area contributed by atoms with E-state index in [1.807, 2.05) is 0 Å². The van der Waals surface area contributed by atoms with E-state index < -0.39 is 23.8 Å². The van der Waals surface area contributed by atoms with Crippen LogP contribution in [0.4, 0.5) is 4.79 Å². The minimum Gasteiger partial charge on any atom is -0.445 e. The zero-order chi connectivity index (χ0) is 14.5. The van der Waals surface area contributed by atoms with Crippen LogP contribution >= 0.6 is 11.6 Å². The van der Waals surface area contributed by atoms with E-state index in [1.54, 1.807) is 20.8 Å². The Morgan fingerprint density at radius 3 is 2.79 bits per heavy atom. The summed E-state index contributed by atoms with van der Waals surface area (Å²) in [6.07, 6.45) is -0.704. The van der Waals surface area contributed by atoms with Crippen LogP contribution in [0.5, 0.6) is 0 Å². The number of ether oxygens (including phenoxy) is 2. The SMILES string of the molecule is CC(C)(C)OC(=O)NCC1CC(C(=O)OCCl)=NO1. The van der Waals surface area contributed by atoms with E-state index in [0.29, 0.717) is 0 Å². The van der Waals surface area contributed by atoms with E-state index in [2.05, 4.69) is 15.2 Å². The number of amides is 1. The lowest BCUT2D eigenvalue weighted by Gasteiger charge is -2.20. The minimum atomic E-state index is -0.616. The summed E-state index contributed by atoms with van der Waals surface area (Å²) in [6.45, 7) is 5.49. The molecule has 0 spiro atoms. The smallest absolute Gasteiger partial charge is 0.407 e. The number of alkyl halides is 1. The first kappa shape index (κ1) is 15.6. The summed E-state index contributed by atoms with van der Waals surface area (Å²) in [6, 6.07) is -0.237. The van der Waals surface area contributed by atoms with Crippen molar-refractivity contribution in [3.05, 3.63) is 0 Å². The number of hydrogen-bond donors (Lipinski definition) is 1. The van der Waals surface area contributed by atoms with Gasteiger partial charge in [0.2, 0.25) is 0 Å². The highest BCUT2D eigenvalue weighted by Crippen LogP contribution is 2.12. The maximum atomic E-state index is 11.4. The van der Waals surface area contributed by atoms with Crippen molar-refractivity contribution in [3.63, 3.8) is 0 Å². The number of carbonyl (C=O) groups excluding carboxylic acids is 2. The standard InChI is InChI=1S/C11H17ClN2O5/c1-11(2,3)18-10(16)13-5-7-4-8(14-19-7)9(15)17-6-12/h7H,4-6H2,1-3H3,(H,13,16). The second kappa shape index (κ2) is 6.60. The van der Waals surface area contributed by atoms with Crippen LogP contribution in [-0.4, -0.2) is 42.1 Å². The molecule has 1 aliphatic heterocycles. The lowest BCUT2D eigenvalue weighted by atomic mass is 10.2. The Balaban J connectivity index is 2.27. The van der Waals surface area contributed by atoms with Crippen molar-refractivity contribution in [1.29, 1.82) is 0 Å². The molecule has 1 aliphatic rings. The second-order valence-corrected chi connectivity index (χ2v) is 5.11. The van der Waals surface area contributed by atoms with Gasteiger partial charge in [0.15, 0.2) is 17.9 Å². The lowest BCUT2D eigenvalue weighted by Crippen LogP contribution is -2.37. The van der Waals surface area contributed by atoms with Gasteiger partial charge < -0.3 is 19.6 Å². The molecule has 0 radical (unpaired) electrons. The van der Waals surface area contributed by atoms with E-state index >= 15 is 0 Å². The van der Waals surface area contributed by atoms with Gasteiger partial charge in [0.1, 0.15) is 5.60 Å². The molecule has 7 nitrogen and oxygen atoms in total. The summed E-state index contributed by atoms with van der Waals surface area (Å²) < 4.78 is 9.63. The van der Waals surface area contributed by atoms with Crippen LogP contribution in [0.15, 0.2) is 5.16 Å². The van der Waals surface area contributed by atoms with Crippen LogP contribution < -0.4 is 5.32 Å². The van der Waals surface area contributed by atoms with E-state index in [4.69, 9.17) is 21.2 Å². The number of esters is 1. The highest BCUT2D eigenvalue weighted by atomic mass is 35.5. The normalized spacial score (nSPS) is 18.3. The molecule has 1 unspecified atom stereocenters. The molecule has 1 rings (SSSR count). The number of halogens is 1. The van der Waals surface area contributed by atoms with Gasteiger partial charge in [0.25, 0.3) is 0 Å². The first-order valence-corrected chi connectivity index (χ1v) is 6.28. The van der Waals surface area contributed by atoms with Crippen molar-refractivity contribution in [2.75, 3.05) is 12.6 Å². The summed E-state index contributed by atoms with van der Waals surface area (Å²) in [5.41, 5.74) is -0.413. The third-order valence-electron chi connectivity index (χ3n) is 2.03. The predicted octanol–water partition coefficient (Wildman–Crippen LogP) is 1.40. The molecular weight excluding hydrogens is 276 g/mol. The second-order valence-electron chi connectivity index (χ2n) is 4.89. The summed E-state index contributed by atoms with van der Waals surface area (Å²) in [5.74, 6) is -0.616. The molecule has 0 aromatic carbocycles. The van der Waals surface area contributed by atoms with Gasteiger partial charge in [0.05, 0.1) is 6.54 Å². The number of alkyl carbamates (subject to hydrolysis) is 1. The number of hydrogen-bond acceptors (Lipinski definition) is 6. The van der Waals surface area contributed by atoms with E-state index in [-0.39, 0.29) is 24.7 Å². The van der Waals surface area contributed by atoms with Crippen molar-refractivity contribution in [3.8, 4) is 0 Å². The minimum absolute atomic E-state index is 0.150. The molecule has 1 N–H and O–H groups in total. The fraction of sp³-hybridized carbons (Fsp3) is 0.727. The number of nitrogens with zero attached hydrogens (tertiary/aromatic N) is 1. The highest BCUT2D eigenvalue weighted by molar-refractivity contribution is 6.37. The highest BCUT2D eigenvalue weighted by Gasteiger charge is 2.28. The Bertz CT molecular complexity index is 378. The molecular formula is C11H17ClN2O5. The topological polar surface area (TPSA) is 86.2 Å². The summed E-state index contributed by atoms with van der Waals surface area (Å²) in [5, 5.41) is 6.11. The predicted molar refractivity (Wildman–Crippen MR) is 68.0 cm³/mol. The van der Waals surface area contributed by atoms with E-state index in [0.717, 1.165) is 0 Å². The van der Waals surface area contributed by atoms with Crippen LogP contribution in [0.1, 0.15) is 27.2 Å².